The molecule has 16 nitrogen and oxygen atoms in total. The number of ether oxygens (including phenoxy) is 2. The molecule has 1 amide bonds. The maximum absolute atomic E-state index is 13.6. The van der Waals surface area contributed by atoms with Crippen molar-refractivity contribution in [1.29, 1.82) is 0 Å². The summed E-state index contributed by atoms with van der Waals surface area (Å²) in [5.74, 6) is -0.479. The lowest BCUT2D eigenvalue weighted by Gasteiger charge is -2.35. The Kier molecular flexibility index (Phi) is 12.7. The predicted molar refractivity (Wildman–Crippen MR) is 270 cm³/mol. The molecule has 372 valence electrons. The van der Waals surface area contributed by atoms with Crippen molar-refractivity contribution in [2.24, 2.45) is 0 Å². The second-order valence-electron chi connectivity index (χ2n) is 19.5. The van der Waals surface area contributed by atoms with Gasteiger partial charge in [-0.15, -0.1) is 0 Å². The fourth-order valence-electron chi connectivity index (χ4n) is 11.0. The van der Waals surface area contributed by atoms with Crippen molar-refractivity contribution < 1.29 is 37.7 Å². The fourth-order valence-corrected chi connectivity index (χ4v) is 12.1. The Bertz CT molecular complexity index is 3470. The van der Waals surface area contributed by atoms with Gasteiger partial charge in [0.15, 0.2) is 5.60 Å². The van der Waals surface area contributed by atoms with Crippen LogP contribution in [0.1, 0.15) is 106 Å². The molecular weight excluding hydrogens is 925 g/mol. The van der Waals surface area contributed by atoms with Gasteiger partial charge in [-0.25, -0.2) is 23.2 Å². The molecule has 10 rings (SSSR count). The third-order valence-electron chi connectivity index (χ3n) is 14.8. The number of hydrogen-bond acceptors (Lipinski definition) is 12. The Hall–Kier alpha value is -6.53. The zero-order valence-corrected chi connectivity index (χ0v) is 42.3. The van der Waals surface area contributed by atoms with Gasteiger partial charge in [-0.2, -0.15) is 4.31 Å². The third kappa shape index (κ3) is 8.16. The van der Waals surface area contributed by atoms with Gasteiger partial charge in [0.05, 0.1) is 64.3 Å². The van der Waals surface area contributed by atoms with Crippen molar-refractivity contribution in [3.05, 3.63) is 138 Å². The van der Waals surface area contributed by atoms with Crippen molar-refractivity contribution in [3.8, 4) is 22.8 Å². The third-order valence-corrected chi connectivity index (χ3v) is 16.3. The molecule has 2 atom stereocenters. The van der Waals surface area contributed by atoms with Crippen molar-refractivity contribution in [2.75, 3.05) is 19.3 Å². The van der Waals surface area contributed by atoms with Crippen LogP contribution in [0.4, 0.5) is 0 Å². The summed E-state index contributed by atoms with van der Waals surface area (Å²) in [6.07, 6.45) is 2.75. The van der Waals surface area contributed by atoms with Crippen LogP contribution in [0, 0.1) is 0 Å². The first-order valence-electron chi connectivity index (χ1n) is 24.2. The second-order valence-corrected chi connectivity index (χ2v) is 21.4. The van der Waals surface area contributed by atoms with Crippen LogP contribution in [0.25, 0.3) is 44.6 Å². The number of cyclic esters (lactones) is 1. The average Bonchev–Trinajstić information content (AvgIpc) is 3.89. The quantitative estimate of drug-likeness (QED) is 0.140. The lowest BCUT2D eigenvalue weighted by Crippen LogP contribution is -2.44. The zero-order valence-electron chi connectivity index (χ0n) is 41.5. The van der Waals surface area contributed by atoms with E-state index >= 15 is 0 Å². The van der Waals surface area contributed by atoms with Gasteiger partial charge in [0.2, 0.25) is 15.9 Å². The van der Waals surface area contributed by atoms with Crippen molar-refractivity contribution >= 4 is 43.7 Å². The van der Waals surface area contributed by atoms with Gasteiger partial charge in [-0.1, -0.05) is 56.8 Å². The van der Waals surface area contributed by atoms with Crippen LogP contribution >= 0.6 is 0 Å². The summed E-state index contributed by atoms with van der Waals surface area (Å²) in [6.45, 7) is 18.1. The zero-order chi connectivity index (χ0) is 51.1. The number of sulfonamides is 1. The number of benzene rings is 2. The number of aromatic nitrogens is 4. The minimum atomic E-state index is -3.38. The molecule has 0 spiro atoms. The molecule has 71 heavy (non-hydrogen) atoms. The number of carbonyl (C=O) groups is 2. The first-order chi connectivity index (χ1) is 33.6. The van der Waals surface area contributed by atoms with E-state index in [0.29, 0.717) is 90.5 Å². The number of carbonyl (C=O) groups excluding carboxylic acids is 2. The first kappa shape index (κ1) is 49.5. The molecule has 0 saturated carbocycles. The minimum absolute atomic E-state index is 0.0192. The molecule has 6 aromatic rings. The van der Waals surface area contributed by atoms with E-state index in [2.05, 4.69) is 6.58 Å². The molecule has 0 radical (unpaired) electrons. The van der Waals surface area contributed by atoms with Crippen LogP contribution in [0.5, 0.6) is 0 Å². The van der Waals surface area contributed by atoms with E-state index in [0.717, 1.165) is 44.1 Å². The predicted octanol–water partition coefficient (Wildman–Crippen LogP) is 6.16. The van der Waals surface area contributed by atoms with Crippen molar-refractivity contribution in [1.82, 2.24) is 28.3 Å². The Morgan fingerprint density at radius 3 is 1.65 bits per heavy atom. The van der Waals surface area contributed by atoms with Crippen LogP contribution in [0.3, 0.4) is 0 Å². The number of pyridine rings is 4. The Balaban J connectivity index is 0.000000176. The molecular formula is C54H60N6O10S. The summed E-state index contributed by atoms with van der Waals surface area (Å²) in [5.41, 5.74) is 5.81. The van der Waals surface area contributed by atoms with Crippen LogP contribution in [0.15, 0.2) is 82.6 Å². The summed E-state index contributed by atoms with van der Waals surface area (Å²) in [6, 6.07) is 19.1. The highest BCUT2D eigenvalue weighted by Crippen LogP contribution is 2.44. The normalized spacial score (nSPS) is 18.6. The lowest BCUT2D eigenvalue weighted by atomic mass is 9.84. The van der Waals surface area contributed by atoms with Gasteiger partial charge < -0.3 is 33.7 Å². The first-order valence-corrected chi connectivity index (χ1v) is 26.0. The molecule has 8 heterocycles. The number of fused-ring (bicyclic) bond motifs is 10. The van der Waals surface area contributed by atoms with Crippen LogP contribution < -0.4 is 11.1 Å². The van der Waals surface area contributed by atoms with Gasteiger partial charge in [0.1, 0.15) is 24.6 Å². The lowest BCUT2D eigenvalue weighted by molar-refractivity contribution is -0.172. The average molecular weight is 985 g/mol. The van der Waals surface area contributed by atoms with Gasteiger partial charge in [0.25, 0.3) is 11.1 Å². The number of hydrogen-bond donors (Lipinski definition) is 2. The van der Waals surface area contributed by atoms with Crippen LogP contribution in [-0.4, -0.2) is 90.2 Å². The fraction of sp³-hybridized carbons (Fsp3) is 0.407. The van der Waals surface area contributed by atoms with Crippen LogP contribution in [0.2, 0.25) is 0 Å². The Morgan fingerprint density at radius 2 is 1.20 bits per heavy atom. The summed E-state index contributed by atoms with van der Waals surface area (Å²) < 4.78 is 40.4. The molecule has 2 aromatic carbocycles. The summed E-state index contributed by atoms with van der Waals surface area (Å²) >= 11 is 0. The molecule has 0 unspecified atom stereocenters. The highest BCUT2D eigenvalue weighted by atomic mass is 32.2. The SMILES string of the molecule is C=C1OCc2c(cc3n(c2=O)Cc2c-3nc3ccccc3c2CCN(C(C)C)S(C)(=O)=O)[C@@]1(O)CC.CC[C@@]1(O)C(=O)OCc2c1cc1n(c2=O)Cc2c-1nc1ccccc1c2CCN(C(C)=O)C(C)C. The number of amides is 1. The van der Waals surface area contributed by atoms with Gasteiger partial charge in [-0.3, -0.25) is 14.4 Å². The van der Waals surface area contributed by atoms with Crippen molar-refractivity contribution in [2.45, 2.75) is 124 Å². The highest BCUT2D eigenvalue weighted by Gasteiger charge is 2.46. The topological polar surface area (TPSA) is 203 Å². The second kappa shape index (κ2) is 18.3. The summed E-state index contributed by atoms with van der Waals surface area (Å²) in [7, 11) is -3.38. The number of para-hydroxylation sites is 2. The monoisotopic (exact) mass is 984 g/mol. The van der Waals surface area contributed by atoms with E-state index in [4.69, 9.17) is 19.4 Å². The van der Waals surface area contributed by atoms with Gasteiger partial charge in [0, 0.05) is 65.1 Å². The molecule has 2 N–H and O–H groups in total. The maximum Gasteiger partial charge on any atom is 0.343 e. The van der Waals surface area contributed by atoms with E-state index in [1.165, 1.54) is 10.6 Å². The molecule has 4 aliphatic heterocycles. The van der Waals surface area contributed by atoms with Gasteiger partial charge in [-0.05, 0) is 88.8 Å². The largest absolute Gasteiger partial charge is 0.490 e. The number of rotatable bonds is 11. The standard InChI is InChI=1S/C27H31N3O5S.C27H29N3O5/c1-6-27(32)17(4)35-15-21-22(27)13-24-25-20(14-29(24)26(21)31)18(19-9-7-8-10-23(19)28-25)11-12-30(16(2)3)36(5,33)34;1-5-27(34)21-12-23-24-19(13-30(23)25(32)20(21)14-35-26(27)33)17(10-11-29(15(2)3)16(4)31)18-8-6-7-9-22(18)28-24/h7-10,13,16,32H,4,6,11-12,14-15H2,1-3,5H3;6-9,12,15,34H,5,10-11,13-14H2,1-4H3/t2*27-/m10/s1. The summed E-state index contributed by atoms with van der Waals surface area (Å²) in [4.78, 5) is 63.4. The number of esters is 1. The van der Waals surface area contributed by atoms with Crippen LogP contribution in [-0.2, 0) is 79.4 Å². The highest BCUT2D eigenvalue weighted by molar-refractivity contribution is 7.88. The maximum atomic E-state index is 13.6. The van der Waals surface area contributed by atoms with Crippen molar-refractivity contribution in [3.63, 3.8) is 0 Å². The molecule has 0 saturated heterocycles. The van der Waals surface area contributed by atoms with Gasteiger partial charge >= 0.3 is 5.97 Å². The number of aliphatic hydroxyl groups is 2. The Labute approximate surface area is 412 Å². The van der Waals surface area contributed by atoms with E-state index in [9.17, 15) is 37.8 Å². The minimum Gasteiger partial charge on any atom is -0.490 e. The Morgan fingerprint density at radius 1 is 0.732 bits per heavy atom. The molecule has 4 aromatic heterocycles. The molecule has 4 aliphatic rings. The molecule has 0 aliphatic carbocycles. The molecule has 0 fully saturated rings. The summed E-state index contributed by atoms with van der Waals surface area (Å²) in [5, 5.41) is 24.4. The van der Waals surface area contributed by atoms with E-state index in [1.54, 1.807) is 29.0 Å². The van der Waals surface area contributed by atoms with E-state index < -0.39 is 27.2 Å². The number of nitrogens with zero attached hydrogens (tertiary/aromatic N) is 6. The molecule has 0 bridgehead atoms. The smallest absolute Gasteiger partial charge is 0.343 e. The van der Waals surface area contributed by atoms with E-state index in [1.807, 2.05) is 94.1 Å². The van der Waals surface area contributed by atoms with E-state index in [-0.39, 0.29) is 54.5 Å². The molecule has 17 heteroatoms.